The normalized spacial score (nSPS) is 12.6. The molecule has 158 valence electrons. The average Bonchev–Trinajstić information content (AvgIpc) is 3.24. The van der Waals surface area contributed by atoms with Gasteiger partial charge in [0.15, 0.2) is 18.7 Å². The van der Waals surface area contributed by atoms with Gasteiger partial charge in [-0.3, -0.25) is 0 Å². The minimum atomic E-state index is -2.48. The van der Waals surface area contributed by atoms with E-state index in [1.54, 1.807) is 0 Å². The summed E-state index contributed by atoms with van der Waals surface area (Å²) in [5.74, 6) is 0. The highest BCUT2D eigenvalue weighted by molar-refractivity contribution is 8.68. The molecule has 0 N–H and O–H groups in total. The quantitative estimate of drug-likeness (QED) is 0.287. The number of hydrogen-bond acceptors (Lipinski definition) is 14. The second kappa shape index (κ2) is 12.1. The molecular weight excluding hydrogens is 519 g/mol. The second-order valence-electron chi connectivity index (χ2n) is 4.49. The van der Waals surface area contributed by atoms with Crippen molar-refractivity contribution in [2.75, 3.05) is 26.4 Å². The molecule has 8 nitrogen and oxygen atoms in total. The van der Waals surface area contributed by atoms with Crippen molar-refractivity contribution in [3.8, 4) is 10.0 Å². The van der Waals surface area contributed by atoms with Crippen molar-refractivity contribution in [3.05, 3.63) is 0 Å². The molecule has 2 aromatic heterocycles. The Hall–Kier alpha value is 0.960. The second-order valence-corrected chi connectivity index (χ2v) is 19.2. The summed E-state index contributed by atoms with van der Waals surface area (Å²) in [6.07, 6.45) is 0. The Labute approximate surface area is 190 Å². The van der Waals surface area contributed by atoms with Gasteiger partial charge in [0.05, 0.1) is 26.4 Å². The molecule has 2 aromatic rings. The van der Waals surface area contributed by atoms with E-state index in [0.29, 0.717) is 45.1 Å². The number of nitrogens with zero attached hydrogens (tertiary/aromatic N) is 4. The van der Waals surface area contributed by atoms with E-state index in [9.17, 15) is 0 Å². The molecule has 0 unspecified atom stereocenters. The first-order valence-corrected chi connectivity index (χ1v) is 18.0. The van der Waals surface area contributed by atoms with Gasteiger partial charge >= 0.3 is 0 Å². The third-order valence-electron chi connectivity index (χ3n) is 2.52. The molecule has 0 fully saturated rings. The lowest BCUT2D eigenvalue weighted by Gasteiger charge is -2.18. The predicted molar refractivity (Wildman–Crippen MR) is 126 cm³/mol. The lowest BCUT2D eigenvalue weighted by Crippen LogP contribution is -1.91. The fourth-order valence-corrected chi connectivity index (χ4v) is 14.9. The van der Waals surface area contributed by atoms with Gasteiger partial charge in [0.1, 0.15) is 0 Å². The lowest BCUT2D eigenvalue weighted by molar-refractivity contribution is 0.280. The van der Waals surface area contributed by atoms with Gasteiger partial charge in [0.25, 0.3) is 11.4 Å². The summed E-state index contributed by atoms with van der Waals surface area (Å²) in [5, 5.41) is 18.1. The summed E-state index contributed by atoms with van der Waals surface area (Å²) < 4.78 is 23.9. The molecule has 0 amide bonds. The van der Waals surface area contributed by atoms with Gasteiger partial charge in [-0.25, -0.2) is 0 Å². The van der Waals surface area contributed by atoms with Crippen LogP contribution in [-0.4, -0.2) is 46.8 Å². The molecule has 0 aliphatic rings. The molecule has 0 aliphatic heterocycles. The third kappa shape index (κ3) is 7.58. The molecule has 0 saturated carbocycles. The van der Waals surface area contributed by atoms with Crippen LogP contribution in [0.25, 0.3) is 10.0 Å². The summed E-state index contributed by atoms with van der Waals surface area (Å²) in [7, 11) is 0. The molecule has 0 aliphatic carbocycles. The Kier molecular flexibility index (Phi) is 10.9. The van der Waals surface area contributed by atoms with Gasteiger partial charge in [-0.15, -0.1) is 20.4 Å². The van der Waals surface area contributed by atoms with Crippen molar-refractivity contribution in [1.29, 1.82) is 0 Å². The van der Waals surface area contributed by atoms with Crippen molar-refractivity contribution < 1.29 is 18.1 Å². The van der Waals surface area contributed by atoms with E-state index in [-0.39, 0.29) is 0 Å². The van der Waals surface area contributed by atoms with Crippen LogP contribution in [0.3, 0.4) is 0 Å². The summed E-state index contributed by atoms with van der Waals surface area (Å²) >= 11 is 16.4. The van der Waals surface area contributed by atoms with Gasteiger partial charge < -0.3 is 18.1 Å². The maximum Gasteiger partial charge on any atom is 0.254 e. The van der Waals surface area contributed by atoms with E-state index in [2.05, 4.69) is 20.4 Å². The summed E-state index contributed by atoms with van der Waals surface area (Å²) in [5.41, 5.74) is -4.96. The molecular formula is C12H20N4O4P2S6. The standard InChI is InChI=1S/C12H20N4O4P2S6/c1-5-17-21(23,18-6-2)27-11-15-13-9(25-11)10-14-16-12(26-10)28-22(24,19-7-3)20-8-4/h5-8H2,1-4H3. The first-order valence-electron chi connectivity index (χ1n) is 8.21. The van der Waals surface area contributed by atoms with E-state index in [4.69, 9.17) is 41.7 Å². The molecule has 0 spiro atoms. The third-order valence-corrected chi connectivity index (χ3v) is 15.3. The summed E-state index contributed by atoms with van der Waals surface area (Å²) in [4.78, 5) is 0. The zero-order valence-electron chi connectivity index (χ0n) is 15.6. The molecule has 0 atom stereocenters. The Balaban J connectivity index is 2.12. The van der Waals surface area contributed by atoms with Crippen LogP contribution in [0.15, 0.2) is 8.68 Å². The smallest absolute Gasteiger partial charge is 0.254 e. The topological polar surface area (TPSA) is 88.5 Å². The number of hydrogen-bond donors (Lipinski definition) is 0. The minimum absolute atomic E-state index is 0.485. The number of rotatable bonds is 13. The molecule has 0 radical (unpaired) electrons. The van der Waals surface area contributed by atoms with E-state index in [0.717, 1.165) is 0 Å². The molecule has 28 heavy (non-hydrogen) atoms. The van der Waals surface area contributed by atoms with E-state index in [1.807, 2.05) is 27.7 Å². The Morgan fingerprint density at radius 1 is 0.679 bits per heavy atom. The van der Waals surface area contributed by atoms with Gasteiger partial charge in [0.2, 0.25) is 0 Å². The number of aromatic nitrogens is 4. The van der Waals surface area contributed by atoms with Crippen LogP contribution in [0.5, 0.6) is 0 Å². The fraction of sp³-hybridized carbons (Fsp3) is 0.667. The van der Waals surface area contributed by atoms with E-state index in [1.165, 1.54) is 45.4 Å². The highest BCUT2D eigenvalue weighted by Crippen LogP contribution is 2.65. The van der Waals surface area contributed by atoms with Crippen molar-refractivity contribution in [3.63, 3.8) is 0 Å². The highest BCUT2D eigenvalue weighted by atomic mass is 32.9. The van der Waals surface area contributed by atoms with Crippen LogP contribution >= 0.6 is 56.8 Å². The first kappa shape index (κ1) is 25.2. The summed E-state index contributed by atoms with van der Waals surface area (Å²) in [6.45, 7) is 9.49. The van der Waals surface area contributed by atoms with Gasteiger partial charge in [0, 0.05) is 0 Å². The van der Waals surface area contributed by atoms with E-state index >= 15 is 0 Å². The maximum absolute atomic E-state index is 5.63. The monoisotopic (exact) mass is 538 g/mol. The van der Waals surface area contributed by atoms with Gasteiger partial charge in [-0.2, -0.15) is 0 Å². The van der Waals surface area contributed by atoms with Crippen molar-refractivity contribution in [1.82, 2.24) is 20.4 Å². The Morgan fingerprint density at radius 3 is 1.29 bits per heavy atom. The average molecular weight is 539 g/mol. The van der Waals surface area contributed by atoms with E-state index < -0.39 is 11.4 Å². The molecule has 16 heteroatoms. The highest BCUT2D eigenvalue weighted by Gasteiger charge is 2.26. The van der Waals surface area contributed by atoms with Crippen LogP contribution < -0.4 is 0 Å². The van der Waals surface area contributed by atoms with Crippen LogP contribution in [0.2, 0.25) is 0 Å². The van der Waals surface area contributed by atoms with Gasteiger partial charge in [-0.05, 0) is 74.1 Å². The maximum atomic E-state index is 5.63. The van der Waals surface area contributed by atoms with Crippen molar-refractivity contribution in [2.45, 2.75) is 36.4 Å². The SMILES string of the molecule is CCOP(=S)(OCC)Sc1nnc(-c2nnc(SP(=S)(OCC)OCC)s2)s1. The summed E-state index contributed by atoms with van der Waals surface area (Å²) in [6, 6.07) is 0. The lowest BCUT2D eigenvalue weighted by atomic mass is 10.8. The van der Waals surface area contributed by atoms with Crippen molar-refractivity contribution >= 4 is 80.4 Å². The van der Waals surface area contributed by atoms with Crippen LogP contribution in [0.4, 0.5) is 0 Å². The van der Waals surface area contributed by atoms with Crippen LogP contribution in [-0.2, 0) is 41.7 Å². The Bertz CT molecular complexity index is 761. The predicted octanol–water partition coefficient (Wildman–Crippen LogP) is 5.84. The van der Waals surface area contributed by atoms with Crippen LogP contribution in [0.1, 0.15) is 27.7 Å². The molecule has 0 aromatic carbocycles. The largest absolute Gasteiger partial charge is 0.322 e. The Morgan fingerprint density at radius 2 is 1.00 bits per heavy atom. The molecule has 0 bridgehead atoms. The minimum Gasteiger partial charge on any atom is -0.322 e. The zero-order valence-corrected chi connectivity index (χ0v) is 22.3. The molecule has 2 rings (SSSR count). The fourth-order valence-electron chi connectivity index (χ4n) is 1.67. The molecule has 0 saturated heterocycles. The van der Waals surface area contributed by atoms with Crippen molar-refractivity contribution in [2.24, 2.45) is 0 Å². The molecule has 2 heterocycles. The zero-order chi connectivity index (χ0) is 20.6. The van der Waals surface area contributed by atoms with Gasteiger partial charge in [-0.1, -0.05) is 22.7 Å². The first-order chi connectivity index (χ1) is 13.4. The van der Waals surface area contributed by atoms with Crippen LogP contribution in [0, 0.1) is 0 Å².